The van der Waals surface area contributed by atoms with Crippen LogP contribution in [-0.2, 0) is 6.54 Å². The summed E-state index contributed by atoms with van der Waals surface area (Å²) in [6, 6.07) is 19.0. The highest BCUT2D eigenvalue weighted by Gasteiger charge is 2.52. The van der Waals surface area contributed by atoms with Gasteiger partial charge in [0.1, 0.15) is 58.5 Å². The SMILES string of the molecule is Fc1c(F)c(F)c([B-](c2c(F)c(F)c(F)c(F)c2F)(c2c(F)c(F)c(F)c(F)c2F)c2c(F)c(F)c(F)c(F)c2F)c(F)c1F.Fc1cccc(C[n+]2cccc3ccccc32)c1. The maximum absolute atomic E-state index is 15.4. The minimum atomic E-state index is -7.22. The number of hydrogen-bond donors (Lipinski definition) is 0. The molecular weight excluding hydrogens is 904 g/mol. The van der Waals surface area contributed by atoms with E-state index >= 15 is 35.1 Å². The van der Waals surface area contributed by atoms with Gasteiger partial charge >= 0.3 is 0 Å². The second-order valence-electron chi connectivity index (χ2n) is 13.1. The molecule has 328 valence electrons. The largest absolute Gasteiger partial charge is 0.212 e. The van der Waals surface area contributed by atoms with E-state index < -0.39 is 144 Å². The predicted octanol–water partition coefficient (Wildman–Crippen LogP) is 9.16. The molecule has 23 heteroatoms. The van der Waals surface area contributed by atoms with Crippen LogP contribution in [0.1, 0.15) is 5.56 Å². The monoisotopic (exact) mass is 917 g/mol. The molecule has 0 aliphatic heterocycles. The zero-order valence-electron chi connectivity index (χ0n) is 30.0. The van der Waals surface area contributed by atoms with E-state index in [0.717, 1.165) is 11.1 Å². The standard InChI is InChI=1S/C24BF20.C16H13FN/c26-5-1(6(27)14(35)21(42)13(5)34)25(2-7(28)15(36)22(43)16(37)8(2)29,3-9(30)17(38)23(44)18(39)10(3)31)4-11(32)19(40)24(45)20(41)12(4)33;17-15-8-3-5-13(11-15)12-18-10-4-7-14-6-1-2-9-16(14)18/h;1-11H,12H2/q-1;+1. The van der Waals surface area contributed by atoms with Crippen LogP contribution in [0.2, 0.25) is 0 Å². The Morgan fingerprint density at radius 3 is 0.952 bits per heavy atom. The fourth-order valence-electron chi connectivity index (χ4n) is 7.07. The Hall–Kier alpha value is -6.68. The average Bonchev–Trinajstić information content (AvgIpc) is 3.26. The molecule has 0 saturated carbocycles. The van der Waals surface area contributed by atoms with E-state index in [0.29, 0.717) is 6.54 Å². The van der Waals surface area contributed by atoms with Gasteiger partial charge in [-0.2, -0.15) is 4.57 Å². The molecule has 0 radical (unpaired) electrons. The summed E-state index contributed by atoms with van der Waals surface area (Å²) in [7, 11) is 0. The molecule has 0 spiro atoms. The van der Waals surface area contributed by atoms with Crippen LogP contribution in [0.3, 0.4) is 0 Å². The molecule has 0 bridgehead atoms. The highest BCUT2D eigenvalue weighted by atomic mass is 19.2. The number of nitrogens with zero attached hydrogens (tertiary/aromatic N) is 1. The summed E-state index contributed by atoms with van der Waals surface area (Å²) < 4.78 is 309. The fourth-order valence-corrected chi connectivity index (χ4v) is 7.07. The van der Waals surface area contributed by atoms with E-state index in [1.807, 2.05) is 30.5 Å². The molecule has 1 heterocycles. The maximum Gasteiger partial charge on any atom is 0.212 e. The second kappa shape index (κ2) is 16.9. The number of halogens is 21. The van der Waals surface area contributed by atoms with E-state index in [2.05, 4.69) is 22.8 Å². The van der Waals surface area contributed by atoms with Gasteiger partial charge in [-0.25, -0.2) is 92.2 Å². The molecular formula is C40H13BF21N. The van der Waals surface area contributed by atoms with Crippen molar-refractivity contribution >= 4 is 38.9 Å². The first-order chi connectivity index (χ1) is 29.5. The number of fused-ring (bicyclic) bond motifs is 1. The van der Waals surface area contributed by atoms with Crippen LogP contribution >= 0.6 is 0 Å². The summed E-state index contributed by atoms with van der Waals surface area (Å²) in [6.45, 7) is 0.680. The van der Waals surface area contributed by atoms with Crippen LogP contribution in [0.25, 0.3) is 10.9 Å². The van der Waals surface area contributed by atoms with E-state index in [4.69, 9.17) is 0 Å². The molecule has 0 unspecified atom stereocenters. The normalized spacial score (nSPS) is 11.6. The smallest absolute Gasteiger partial charge is 0.207 e. The second-order valence-corrected chi connectivity index (χ2v) is 13.1. The summed E-state index contributed by atoms with van der Waals surface area (Å²) in [5.74, 6) is -71.6. The average molecular weight is 917 g/mol. The molecule has 0 atom stereocenters. The molecule has 63 heavy (non-hydrogen) atoms. The third kappa shape index (κ3) is 7.15. The lowest BCUT2D eigenvalue weighted by molar-refractivity contribution is -0.662. The van der Waals surface area contributed by atoms with E-state index in [1.54, 1.807) is 12.1 Å². The van der Waals surface area contributed by atoms with Crippen molar-refractivity contribution in [3.8, 4) is 0 Å². The molecule has 0 amide bonds. The van der Waals surface area contributed by atoms with Crippen LogP contribution in [-0.4, -0.2) is 6.15 Å². The molecule has 7 rings (SSSR count). The van der Waals surface area contributed by atoms with Crippen molar-refractivity contribution in [2.45, 2.75) is 6.54 Å². The van der Waals surface area contributed by atoms with Gasteiger partial charge in [-0.1, -0.05) is 24.3 Å². The van der Waals surface area contributed by atoms with Crippen LogP contribution < -0.4 is 26.4 Å². The Balaban J connectivity index is 0.000000302. The van der Waals surface area contributed by atoms with Crippen molar-refractivity contribution in [1.29, 1.82) is 0 Å². The van der Waals surface area contributed by atoms with Gasteiger partial charge in [0.2, 0.25) is 5.52 Å². The van der Waals surface area contributed by atoms with Gasteiger partial charge in [0.15, 0.2) is 82.5 Å². The van der Waals surface area contributed by atoms with Gasteiger partial charge in [0.05, 0.1) is 0 Å². The molecule has 0 fully saturated rings. The van der Waals surface area contributed by atoms with Crippen molar-refractivity contribution in [2.75, 3.05) is 0 Å². The Kier molecular flexibility index (Phi) is 12.3. The Morgan fingerprint density at radius 2 is 0.619 bits per heavy atom. The lowest BCUT2D eigenvalue weighted by Gasteiger charge is -2.44. The Labute approximate surface area is 336 Å². The minimum absolute atomic E-state index is 0.187. The summed E-state index contributed by atoms with van der Waals surface area (Å²) in [6.07, 6.45) is -5.20. The number of hydrogen-bond acceptors (Lipinski definition) is 0. The lowest BCUT2D eigenvalue weighted by atomic mass is 9.12. The van der Waals surface area contributed by atoms with E-state index in [-0.39, 0.29) is 5.82 Å². The Morgan fingerprint density at radius 1 is 0.317 bits per heavy atom. The topological polar surface area (TPSA) is 3.88 Å². The maximum atomic E-state index is 15.4. The quantitative estimate of drug-likeness (QED) is 0.0516. The number of para-hydroxylation sites is 1. The van der Waals surface area contributed by atoms with Gasteiger partial charge in [-0.15, -0.1) is 21.9 Å². The third-order valence-electron chi connectivity index (χ3n) is 9.74. The first-order valence-electron chi connectivity index (χ1n) is 16.9. The summed E-state index contributed by atoms with van der Waals surface area (Å²) in [5, 5.41) is 1.19. The zero-order chi connectivity index (χ0) is 46.7. The van der Waals surface area contributed by atoms with Crippen molar-refractivity contribution in [2.24, 2.45) is 0 Å². The fraction of sp³-hybridized carbons (Fsp3) is 0.0250. The minimum Gasteiger partial charge on any atom is -0.207 e. The van der Waals surface area contributed by atoms with Gasteiger partial charge in [-0.3, -0.25) is 0 Å². The summed E-state index contributed by atoms with van der Waals surface area (Å²) in [5.41, 5.74) is -12.2. The van der Waals surface area contributed by atoms with Crippen LogP contribution in [0.4, 0.5) is 92.2 Å². The van der Waals surface area contributed by atoms with Gasteiger partial charge in [-0.05, 0) is 24.3 Å². The number of rotatable bonds is 6. The first kappa shape index (κ1) is 45.8. The third-order valence-corrected chi connectivity index (χ3v) is 9.74. The molecule has 1 aromatic heterocycles. The molecule has 0 aliphatic carbocycles. The van der Waals surface area contributed by atoms with Crippen molar-refractivity contribution in [1.82, 2.24) is 0 Å². The van der Waals surface area contributed by atoms with Gasteiger partial charge < -0.3 is 0 Å². The molecule has 7 aromatic rings. The number of pyridine rings is 1. The number of aromatic nitrogens is 1. The molecule has 0 aliphatic rings. The Bertz CT molecular complexity index is 2620. The highest BCUT2D eigenvalue weighted by molar-refractivity contribution is 7.20. The summed E-state index contributed by atoms with van der Waals surface area (Å²) >= 11 is 0. The number of benzene rings is 6. The first-order valence-corrected chi connectivity index (χ1v) is 16.9. The van der Waals surface area contributed by atoms with E-state index in [9.17, 15) is 57.1 Å². The van der Waals surface area contributed by atoms with Crippen LogP contribution in [0.15, 0.2) is 66.9 Å². The predicted molar refractivity (Wildman–Crippen MR) is 179 cm³/mol. The van der Waals surface area contributed by atoms with Crippen molar-refractivity contribution in [3.05, 3.63) is 195 Å². The zero-order valence-corrected chi connectivity index (χ0v) is 30.0. The molecule has 1 nitrogen and oxygen atoms in total. The molecule has 6 aromatic carbocycles. The molecule has 0 saturated heterocycles. The van der Waals surface area contributed by atoms with Crippen LogP contribution in [0, 0.1) is 122 Å². The highest BCUT2D eigenvalue weighted by Crippen LogP contribution is 2.31. The summed E-state index contributed by atoms with van der Waals surface area (Å²) in [4.78, 5) is 0. The van der Waals surface area contributed by atoms with Crippen molar-refractivity contribution in [3.63, 3.8) is 0 Å². The van der Waals surface area contributed by atoms with Crippen molar-refractivity contribution < 1.29 is 96.8 Å². The molecule has 0 N–H and O–H groups in total. The lowest BCUT2D eigenvalue weighted by Crippen LogP contribution is -2.81. The van der Waals surface area contributed by atoms with Gasteiger partial charge in [0.25, 0.3) is 0 Å². The van der Waals surface area contributed by atoms with Gasteiger partial charge in [0, 0.05) is 23.1 Å². The van der Waals surface area contributed by atoms with Crippen LogP contribution in [0.5, 0.6) is 0 Å². The van der Waals surface area contributed by atoms with E-state index in [1.165, 1.54) is 11.5 Å².